The van der Waals surface area contributed by atoms with E-state index in [0.29, 0.717) is 0 Å². The van der Waals surface area contributed by atoms with Crippen LogP contribution in [0.2, 0.25) is 0 Å². The molecule has 1 rings (SSSR count). The van der Waals surface area contributed by atoms with Gasteiger partial charge >= 0.3 is 0 Å². The summed E-state index contributed by atoms with van der Waals surface area (Å²) in [6.45, 7) is -0.583. The molecule has 1 atom stereocenters. The fourth-order valence-corrected chi connectivity index (χ4v) is 1.45. The Kier molecular flexibility index (Phi) is 5.44. The van der Waals surface area contributed by atoms with Gasteiger partial charge in [0.05, 0.1) is 22.7 Å². The van der Waals surface area contributed by atoms with Crippen LogP contribution in [0.25, 0.3) is 0 Å². The number of phenolic OH excluding ortho intramolecular Hbond substituents is 1. The zero-order valence-electron chi connectivity index (χ0n) is 7.38. The molecule has 0 aromatic heterocycles. The maximum Gasteiger partial charge on any atom is 0.167 e. The number of phenols is 1. The smallest absolute Gasteiger partial charge is 0.167 e. The number of nitrogens with two attached hydrogens (primary N) is 1. The standard InChI is InChI=1S/C8H8BrF2NO2.ClH/c9-3-1-4(10)7(11)6(8(3)14)5(12)2-13;/h1,5,13-14H,2,12H2;1H/t5-;/m0./s1. The lowest BCUT2D eigenvalue weighted by Crippen LogP contribution is -2.17. The molecule has 7 heteroatoms. The highest BCUT2D eigenvalue weighted by molar-refractivity contribution is 9.10. The second kappa shape index (κ2) is 5.60. The molecule has 0 aliphatic rings. The van der Waals surface area contributed by atoms with Crippen molar-refractivity contribution in [2.24, 2.45) is 5.73 Å². The van der Waals surface area contributed by atoms with E-state index in [0.717, 1.165) is 6.07 Å². The van der Waals surface area contributed by atoms with E-state index in [1.807, 2.05) is 0 Å². The number of halogens is 4. The summed E-state index contributed by atoms with van der Waals surface area (Å²) in [5, 5.41) is 18.0. The molecule has 0 bridgehead atoms. The average Bonchev–Trinajstić information content (AvgIpc) is 2.15. The summed E-state index contributed by atoms with van der Waals surface area (Å²) < 4.78 is 26.0. The minimum absolute atomic E-state index is 0. The molecule has 4 N–H and O–H groups in total. The van der Waals surface area contributed by atoms with Crippen LogP contribution in [-0.2, 0) is 0 Å². The second-order valence-corrected chi connectivity index (χ2v) is 3.56. The fourth-order valence-electron chi connectivity index (χ4n) is 1.03. The summed E-state index contributed by atoms with van der Waals surface area (Å²) in [6, 6.07) is -0.361. The van der Waals surface area contributed by atoms with Crippen molar-refractivity contribution in [2.75, 3.05) is 6.61 Å². The Labute approximate surface area is 99.4 Å². The molecule has 0 aliphatic heterocycles. The van der Waals surface area contributed by atoms with Gasteiger partial charge < -0.3 is 15.9 Å². The van der Waals surface area contributed by atoms with Crippen molar-refractivity contribution in [1.82, 2.24) is 0 Å². The maximum absolute atomic E-state index is 13.1. The third-order valence-electron chi connectivity index (χ3n) is 1.75. The predicted molar refractivity (Wildman–Crippen MR) is 57.0 cm³/mol. The Bertz CT molecular complexity index is 339. The molecule has 0 amide bonds. The van der Waals surface area contributed by atoms with Gasteiger partial charge in [-0.25, -0.2) is 8.78 Å². The third kappa shape index (κ3) is 2.78. The van der Waals surface area contributed by atoms with Gasteiger partial charge in [0.2, 0.25) is 0 Å². The lowest BCUT2D eigenvalue weighted by molar-refractivity contribution is 0.261. The Balaban J connectivity index is 0.00000196. The first-order valence-corrected chi connectivity index (χ1v) is 4.51. The molecule has 86 valence electrons. The van der Waals surface area contributed by atoms with Crippen LogP contribution in [0.1, 0.15) is 11.6 Å². The number of aromatic hydroxyl groups is 1. The predicted octanol–water partition coefficient (Wildman–Crippen LogP) is 1.85. The van der Waals surface area contributed by atoms with Crippen LogP contribution < -0.4 is 5.73 Å². The Morgan fingerprint density at radius 2 is 2.00 bits per heavy atom. The van der Waals surface area contributed by atoms with Crippen molar-refractivity contribution < 1.29 is 19.0 Å². The van der Waals surface area contributed by atoms with Crippen LogP contribution in [0.15, 0.2) is 10.5 Å². The number of hydrogen-bond donors (Lipinski definition) is 3. The molecule has 0 unspecified atom stereocenters. The van der Waals surface area contributed by atoms with Crippen LogP contribution in [0.3, 0.4) is 0 Å². The zero-order chi connectivity index (χ0) is 10.9. The van der Waals surface area contributed by atoms with Gasteiger partial charge in [-0.1, -0.05) is 0 Å². The van der Waals surface area contributed by atoms with Gasteiger partial charge in [-0.2, -0.15) is 0 Å². The first-order valence-electron chi connectivity index (χ1n) is 3.71. The van der Waals surface area contributed by atoms with E-state index in [1.54, 1.807) is 0 Å². The van der Waals surface area contributed by atoms with Gasteiger partial charge in [0.25, 0.3) is 0 Å². The van der Waals surface area contributed by atoms with Gasteiger partial charge in [-0.05, 0) is 22.0 Å². The van der Waals surface area contributed by atoms with Gasteiger partial charge in [0, 0.05) is 0 Å². The van der Waals surface area contributed by atoms with Crippen LogP contribution in [0.5, 0.6) is 5.75 Å². The van der Waals surface area contributed by atoms with Crippen LogP contribution in [-0.4, -0.2) is 16.8 Å². The lowest BCUT2D eigenvalue weighted by atomic mass is 10.1. The first-order chi connectivity index (χ1) is 6.49. The monoisotopic (exact) mass is 303 g/mol. The molecule has 1 aromatic carbocycles. The van der Waals surface area contributed by atoms with Crippen LogP contribution in [0, 0.1) is 11.6 Å². The molecule has 0 aliphatic carbocycles. The highest BCUT2D eigenvalue weighted by Gasteiger charge is 2.21. The van der Waals surface area contributed by atoms with Crippen LogP contribution in [0.4, 0.5) is 8.78 Å². The Morgan fingerprint density at radius 1 is 1.47 bits per heavy atom. The van der Waals surface area contributed by atoms with E-state index in [2.05, 4.69) is 15.9 Å². The molecule has 0 saturated heterocycles. The minimum Gasteiger partial charge on any atom is -0.506 e. The van der Waals surface area contributed by atoms with Gasteiger partial charge in [-0.3, -0.25) is 0 Å². The summed E-state index contributed by atoms with van der Waals surface area (Å²) in [5.74, 6) is -2.87. The number of aliphatic hydroxyl groups is 1. The van der Waals surface area contributed by atoms with Crippen molar-refractivity contribution in [2.45, 2.75) is 6.04 Å². The van der Waals surface area contributed by atoms with Crippen molar-refractivity contribution in [1.29, 1.82) is 0 Å². The quantitative estimate of drug-likeness (QED) is 0.731. The van der Waals surface area contributed by atoms with E-state index in [-0.39, 0.29) is 16.9 Å². The normalized spacial score (nSPS) is 12.1. The topological polar surface area (TPSA) is 66.5 Å². The number of aliphatic hydroxyl groups excluding tert-OH is 1. The molecular formula is C8H9BrClF2NO2. The number of benzene rings is 1. The highest BCUT2D eigenvalue weighted by Crippen LogP contribution is 2.34. The van der Waals surface area contributed by atoms with Crippen molar-refractivity contribution in [3.05, 3.63) is 27.7 Å². The molecule has 0 radical (unpaired) electrons. The van der Waals surface area contributed by atoms with E-state index in [1.165, 1.54) is 0 Å². The zero-order valence-corrected chi connectivity index (χ0v) is 9.78. The van der Waals surface area contributed by atoms with E-state index in [4.69, 9.17) is 10.8 Å². The molecular weight excluding hydrogens is 295 g/mol. The summed E-state index contributed by atoms with van der Waals surface area (Å²) in [6.07, 6.45) is 0. The largest absolute Gasteiger partial charge is 0.506 e. The van der Waals surface area contributed by atoms with Crippen molar-refractivity contribution in [3.63, 3.8) is 0 Å². The summed E-state index contributed by atoms with van der Waals surface area (Å²) in [7, 11) is 0. The van der Waals surface area contributed by atoms with Gasteiger partial charge in [-0.15, -0.1) is 12.4 Å². The minimum atomic E-state index is -1.24. The number of rotatable bonds is 2. The lowest BCUT2D eigenvalue weighted by Gasteiger charge is -2.13. The molecule has 15 heavy (non-hydrogen) atoms. The molecule has 0 heterocycles. The van der Waals surface area contributed by atoms with E-state index < -0.39 is 35.6 Å². The van der Waals surface area contributed by atoms with Gasteiger partial charge in [0.15, 0.2) is 11.6 Å². The first kappa shape index (κ1) is 14.6. The fraction of sp³-hybridized carbons (Fsp3) is 0.250. The summed E-state index contributed by atoms with van der Waals surface area (Å²) >= 11 is 2.83. The van der Waals surface area contributed by atoms with E-state index in [9.17, 15) is 13.9 Å². The molecule has 0 spiro atoms. The Hall–Kier alpha value is -0.430. The summed E-state index contributed by atoms with van der Waals surface area (Å²) in [5.41, 5.74) is 4.87. The molecule has 0 fully saturated rings. The summed E-state index contributed by atoms with van der Waals surface area (Å²) in [4.78, 5) is 0. The average molecular weight is 305 g/mol. The Morgan fingerprint density at radius 3 is 2.47 bits per heavy atom. The maximum atomic E-state index is 13.1. The van der Waals surface area contributed by atoms with E-state index >= 15 is 0 Å². The molecule has 1 aromatic rings. The molecule has 0 saturated carbocycles. The molecule has 3 nitrogen and oxygen atoms in total. The van der Waals surface area contributed by atoms with Crippen LogP contribution >= 0.6 is 28.3 Å². The van der Waals surface area contributed by atoms with Crippen molar-refractivity contribution in [3.8, 4) is 5.75 Å². The highest BCUT2D eigenvalue weighted by atomic mass is 79.9. The van der Waals surface area contributed by atoms with Gasteiger partial charge in [0.1, 0.15) is 5.75 Å². The third-order valence-corrected chi connectivity index (χ3v) is 2.35. The SMILES string of the molecule is Cl.N[C@@H](CO)c1c(O)c(Br)cc(F)c1F. The second-order valence-electron chi connectivity index (χ2n) is 2.71. The number of hydrogen-bond acceptors (Lipinski definition) is 3. The van der Waals surface area contributed by atoms with Crippen molar-refractivity contribution >= 4 is 28.3 Å².